The van der Waals surface area contributed by atoms with Crippen LogP contribution in [0, 0.1) is 5.92 Å². The Balaban J connectivity index is 0.844. The summed E-state index contributed by atoms with van der Waals surface area (Å²) >= 11 is 0. The van der Waals surface area contributed by atoms with Crippen LogP contribution in [0.5, 0.6) is 11.5 Å². The highest BCUT2D eigenvalue weighted by atomic mass is 16.5. The molecule has 14 nitrogen and oxygen atoms in total. The lowest BCUT2D eigenvalue weighted by Crippen LogP contribution is -2.44. The summed E-state index contributed by atoms with van der Waals surface area (Å²) in [5, 5.41) is 3.88. The zero-order chi connectivity index (χ0) is 40.9. The summed E-state index contributed by atoms with van der Waals surface area (Å²) in [6, 6.07) is 11.6. The van der Waals surface area contributed by atoms with Gasteiger partial charge < -0.3 is 23.8 Å². The first-order valence-corrected chi connectivity index (χ1v) is 21.1. The molecule has 0 spiro atoms. The van der Waals surface area contributed by atoms with Crippen molar-refractivity contribution in [3.05, 3.63) is 80.8 Å². The Bertz CT molecular complexity index is 2530. The number of aryl methyl sites for hydroxylation is 2. The molecule has 2 aromatic carbocycles. The number of para-hydroxylation sites is 1. The van der Waals surface area contributed by atoms with Crippen LogP contribution in [-0.4, -0.2) is 100 Å². The molecule has 5 aromatic rings. The number of likely N-dealkylation sites (tertiary alicyclic amines) is 2. The van der Waals surface area contributed by atoms with Gasteiger partial charge >= 0.3 is 5.69 Å². The first-order valence-electron chi connectivity index (χ1n) is 21.1. The Labute approximate surface area is 343 Å². The van der Waals surface area contributed by atoms with E-state index < -0.39 is 11.9 Å². The van der Waals surface area contributed by atoms with Gasteiger partial charge in [0.2, 0.25) is 11.8 Å². The number of anilines is 1. The van der Waals surface area contributed by atoms with Crippen LogP contribution in [0.1, 0.15) is 68.0 Å². The van der Waals surface area contributed by atoms with Crippen molar-refractivity contribution >= 4 is 39.4 Å². The van der Waals surface area contributed by atoms with Crippen molar-refractivity contribution in [3.8, 4) is 22.6 Å². The van der Waals surface area contributed by atoms with E-state index in [9.17, 15) is 19.2 Å². The van der Waals surface area contributed by atoms with E-state index in [4.69, 9.17) is 9.47 Å². The van der Waals surface area contributed by atoms with Gasteiger partial charge in [-0.15, -0.1) is 0 Å². The van der Waals surface area contributed by atoms with Gasteiger partial charge in [-0.25, -0.2) is 9.78 Å². The number of hydrogen-bond acceptors (Lipinski definition) is 10. The number of nitrogens with one attached hydrogen (secondary N) is 1. The van der Waals surface area contributed by atoms with Crippen LogP contribution in [0.25, 0.3) is 32.9 Å². The molecule has 7 heterocycles. The van der Waals surface area contributed by atoms with Gasteiger partial charge in [-0.3, -0.25) is 33.7 Å². The maximum Gasteiger partial charge on any atom is 0.329 e. The maximum atomic E-state index is 13.5. The number of benzene rings is 2. The van der Waals surface area contributed by atoms with Crippen molar-refractivity contribution in [2.45, 2.75) is 63.5 Å². The number of methoxy groups -OCH3 is 2. The molecule has 4 saturated heterocycles. The number of carbonyl (C=O) groups excluding carboxylic acids is 2. The summed E-state index contributed by atoms with van der Waals surface area (Å²) in [4.78, 5) is 63.2. The first kappa shape index (κ1) is 39.0. The molecule has 1 unspecified atom stereocenters. The predicted molar refractivity (Wildman–Crippen MR) is 227 cm³/mol. The highest BCUT2D eigenvalue weighted by Gasteiger charge is 2.33. The maximum absolute atomic E-state index is 13.5. The van der Waals surface area contributed by atoms with Crippen LogP contribution < -0.4 is 30.9 Å². The quantitative estimate of drug-likeness (QED) is 0.201. The lowest BCUT2D eigenvalue weighted by atomic mass is 9.87. The van der Waals surface area contributed by atoms with Crippen molar-refractivity contribution < 1.29 is 19.1 Å². The van der Waals surface area contributed by atoms with Gasteiger partial charge in [-0.05, 0) is 112 Å². The van der Waals surface area contributed by atoms with E-state index in [0.717, 1.165) is 140 Å². The second-order valence-electron chi connectivity index (χ2n) is 16.9. The minimum absolute atomic E-state index is 0.0710. The number of ether oxygens (including phenoxy) is 2. The summed E-state index contributed by atoms with van der Waals surface area (Å²) in [5.41, 5.74) is 5.42. The molecule has 310 valence electrons. The third-order valence-corrected chi connectivity index (χ3v) is 13.4. The number of imidazole rings is 1. The molecule has 0 bridgehead atoms. The van der Waals surface area contributed by atoms with Crippen molar-refractivity contribution in [3.63, 3.8) is 0 Å². The molecule has 1 atom stereocenters. The molecular formula is C45H54N8O6. The molecule has 0 aliphatic carbocycles. The Morgan fingerprint density at radius 2 is 1.54 bits per heavy atom. The minimum atomic E-state index is -0.682. The number of hydrogen-bond donors (Lipinski definition) is 1. The van der Waals surface area contributed by atoms with E-state index in [-0.39, 0.29) is 23.6 Å². The second-order valence-corrected chi connectivity index (χ2v) is 16.9. The Morgan fingerprint density at radius 3 is 2.20 bits per heavy atom. The minimum Gasteiger partial charge on any atom is -0.496 e. The molecule has 9 rings (SSSR count). The van der Waals surface area contributed by atoms with Crippen LogP contribution >= 0.6 is 0 Å². The van der Waals surface area contributed by atoms with E-state index in [1.54, 1.807) is 48.2 Å². The fourth-order valence-corrected chi connectivity index (χ4v) is 9.96. The summed E-state index contributed by atoms with van der Waals surface area (Å²) in [5.74, 6) is 2.68. The van der Waals surface area contributed by atoms with Gasteiger partial charge in [-0.2, -0.15) is 0 Å². The lowest BCUT2D eigenvalue weighted by molar-refractivity contribution is -0.135. The monoisotopic (exact) mass is 802 g/mol. The number of fused-ring (bicyclic) bond motifs is 2. The predicted octanol–water partition coefficient (Wildman–Crippen LogP) is 4.55. The van der Waals surface area contributed by atoms with Crippen molar-refractivity contribution in [2.24, 2.45) is 20.0 Å². The molecule has 14 heteroatoms. The van der Waals surface area contributed by atoms with Crippen LogP contribution in [0.4, 0.5) is 5.82 Å². The normalized spacial score (nSPS) is 20.0. The highest BCUT2D eigenvalue weighted by Crippen LogP contribution is 2.40. The Kier molecular flexibility index (Phi) is 10.5. The summed E-state index contributed by atoms with van der Waals surface area (Å²) in [6.07, 6.45) is 9.58. The summed E-state index contributed by atoms with van der Waals surface area (Å²) in [6.45, 7) is 7.75. The Morgan fingerprint density at radius 1 is 0.831 bits per heavy atom. The van der Waals surface area contributed by atoms with Gasteiger partial charge in [0, 0.05) is 70.0 Å². The van der Waals surface area contributed by atoms with Crippen molar-refractivity contribution in [1.29, 1.82) is 0 Å². The fraction of sp³-hybridized carbons (Fsp3) is 0.489. The number of carbonyl (C=O) groups is 2. The molecule has 4 aliphatic rings. The van der Waals surface area contributed by atoms with Crippen LogP contribution in [0.15, 0.2) is 58.4 Å². The van der Waals surface area contributed by atoms with Gasteiger partial charge in [0.25, 0.3) is 5.56 Å². The zero-order valence-electron chi connectivity index (χ0n) is 34.5. The van der Waals surface area contributed by atoms with Gasteiger partial charge in [0.15, 0.2) is 0 Å². The van der Waals surface area contributed by atoms with E-state index in [0.29, 0.717) is 23.6 Å². The summed E-state index contributed by atoms with van der Waals surface area (Å²) < 4.78 is 17.0. The number of piperidine rings is 3. The molecule has 59 heavy (non-hydrogen) atoms. The van der Waals surface area contributed by atoms with E-state index in [1.165, 1.54) is 0 Å². The van der Waals surface area contributed by atoms with Crippen LogP contribution in [0.3, 0.4) is 0 Å². The number of rotatable bonds is 10. The molecule has 1 N–H and O–H groups in total. The summed E-state index contributed by atoms with van der Waals surface area (Å²) in [7, 11) is 6.99. The third-order valence-electron chi connectivity index (χ3n) is 13.4. The number of nitrogens with zero attached hydrogens (tertiary/aromatic N) is 7. The average Bonchev–Trinajstić information content (AvgIpc) is 3.48. The highest BCUT2D eigenvalue weighted by molar-refractivity contribution is 6.00. The Hall–Kier alpha value is -5.47. The average molecular weight is 803 g/mol. The largest absolute Gasteiger partial charge is 0.496 e. The standard InChI is InChI=1S/C45H54N8O6/c1-48-26-34(32-23-40(52-15-6-16-52)46-24-33(32)44(48)56)30-21-38(58-3)35(39(22-30)59-4)27-51-17-11-28(12-18-51)25-50-19-13-29(14-20-50)31-7-5-8-36-42(31)49(2)45(57)53(36)37-9-10-41(54)47-43(37)55/h5,7-8,21-24,26,28-29,37H,6,9-20,25,27H2,1-4H3,(H,47,54,55). The number of aromatic nitrogens is 4. The molecule has 0 radical (unpaired) electrons. The smallest absolute Gasteiger partial charge is 0.329 e. The molecule has 4 aliphatic heterocycles. The SMILES string of the molecule is COc1cc(-c2cn(C)c(=O)c3cnc(N4CCC4)cc23)cc(OC)c1CN1CCC(CN2CCC(c3cccc4c3n(C)c(=O)n4C3CCC(=O)NC3=O)CC2)CC1. The molecule has 3 aromatic heterocycles. The van der Waals surface area contributed by atoms with Gasteiger partial charge in [-0.1, -0.05) is 12.1 Å². The van der Waals surface area contributed by atoms with Crippen molar-refractivity contribution in [1.82, 2.24) is 33.8 Å². The van der Waals surface area contributed by atoms with Crippen LogP contribution in [0.2, 0.25) is 0 Å². The van der Waals surface area contributed by atoms with Crippen molar-refractivity contribution in [2.75, 3.05) is 64.9 Å². The number of amides is 2. The molecule has 2 amide bonds. The second kappa shape index (κ2) is 15.9. The fourth-order valence-electron chi connectivity index (χ4n) is 9.96. The van der Waals surface area contributed by atoms with E-state index >= 15 is 0 Å². The van der Waals surface area contributed by atoms with E-state index in [1.807, 2.05) is 24.4 Å². The number of pyridine rings is 2. The van der Waals surface area contributed by atoms with Gasteiger partial charge in [0.1, 0.15) is 23.4 Å². The van der Waals surface area contributed by atoms with Gasteiger partial charge in [0.05, 0.1) is 36.2 Å². The molecule has 4 fully saturated rings. The lowest BCUT2D eigenvalue weighted by Gasteiger charge is -2.38. The zero-order valence-corrected chi connectivity index (χ0v) is 34.5. The molecular weight excluding hydrogens is 749 g/mol. The molecule has 0 saturated carbocycles. The van der Waals surface area contributed by atoms with E-state index in [2.05, 4.69) is 43.2 Å². The first-order chi connectivity index (χ1) is 28.6. The topological polar surface area (TPSA) is 136 Å². The van der Waals surface area contributed by atoms with Crippen LogP contribution in [-0.2, 0) is 30.2 Å². The number of imide groups is 1. The third kappa shape index (κ3) is 7.20.